The molecule has 4 heteroatoms. The van der Waals surface area contributed by atoms with Crippen LogP contribution in [0.25, 0.3) is 0 Å². The number of hydrogen-bond donors (Lipinski definition) is 1. The molecule has 2 aromatic rings. The smallest absolute Gasteiger partial charge is 0.253 e. The molecule has 1 saturated carbocycles. The molecular formula is C19H26N2OS. The predicted molar refractivity (Wildman–Crippen MR) is 96.2 cm³/mol. The van der Waals surface area contributed by atoms with Crippen LogP contribution in [0, 0.1) is 19.8 Å². The van der Waals surface area contributed by atoms with E-state index in [1.54, 1.807) is 11.3 Å². The number of carbonyl (C=O) groups excluding carboxylic acids is 1. The number of hydrogen-bond acceptors (Lipinski definition) is 2. The van der Waals surface area contributed by atoms with E-state index in [0.29, 0.717) is 12.0 Å². The van der Waals surface area contributed by atoms with Gasteiger partial charge in [-0.1, -0.05) is 25.8 Å². The topological polar surface area (TPSA) is 34.0 Å². The van der Waals surface area contributed by atoms with Gasteiger partial charge in [-0.2, -0.15) is 0 Å². The van der Waals surface area contributed by atoms with Crippen molar-refractivity contribution in [2.24, 2.45) is 5.92 Å². The predicted octanol–water partition coefficient (Wildman–Crippen LogP) is 4.52. The lowest BCUT2D eigenvalue weighted by atomic mass is 9.86. The van der Waals surface area contributed by atoms with Crippen molar-refractivity contribution in [3.05, 3.63) is 45.4 Å². The summed E-state index contributed by atoms with van der Waals surface area (Å²) in [4.78, 5) is 14.0. The van der Waals surface area contributed by atoms with Gasteiger partial charge in [0, 0.05) is 22.3 Å². The molecular weight excluding hydrogens is 304 g/mol. The highest BCUT2D eigenvalue weighted by atomic mass is 32.1. The minimum atomic E-state index is 0.0919. The van der Waals surface area contributed by atoms with Crippen LogP contribution in [-0.2, 0) is 6.54 Å². The van der Waals surface area contributed by atoms with Crippen molar-refractivity contribution in [1.82, 2.24) is 9.88 Å². The minimum absolute atomic E-state index is 0.0919. The average Bonchev–Trinajstić information content (AvgIpc) is 3.13. The summed E-state index contributed by atoms with van der Waals surface area (Å²) in [6, 6.07) is 6.59. The molecule has 2 heterocycles. The van der Waals surface area contributed by atoms with Gasteiger partial charge in [0.1, 0.15) is 0 Å². The third kappa shape index (κ3) is 3.52. The van der Waals surface area contributed by atoms with Crippen molar-refractivity contribution in [2.45, 2.75) is 59.0 Å². The number of carbonyl (C=O) groups is 1. The van der Waals surface area contributed by atoms with Crippen LogP contribution < -0.4 is 5.32 Å². The van der Waals surface area contributed by atoms with Gasteiger partial charge in [0.15, 0.2) is 0 Å². The number of thiophene rings is 1. The van der Waals surface area contributed by atoms with Crippen LogP contribution in [0.2, 0.25) is 0 Å². The van der Waals surface area contributed by atoms with Crippen molar-refractivity contribution >= 4 is 17.2 Å². The SMILES string of the molecule is Cc1cc(C(=O)NC2CCCCC2C)c(C)n1Cc1cccs1. The summed E-state index contributed by atoms with van der Waals surface area (Å²) in [6.45, 7) is 7.24. The van der Waals surface area contributed by atoms with E-state index < -0.39 is 0 Å². The Labute approximate surface area is 142 Å². The Kier molecular flexibility index (Phi) is 4.90. The monoisotopic (exact) mass is 330 g/mol. The van der Waals surface area contributed by atoms with Gasteiger partial charge in [0.25, 0.3) is 5.91 Å². The molecule has 1 aliphatic rings. The number of amides is 1. The van der Waals surface area contributed by atoms with Gasteiger partial charge in [0.2, 0.25) is 0 Å². The molecule has 0 aromatic carbocycles. The number of aryl methyl sites for hydroxylation is 1. The third-order valence-corrected chi connectivity index (χ3v) is 6.00. The highest BCUT2D eigenvalue weighted by Crippen LogP contribution is 2.25. The third-order valence-electron chi connectivity index (χ3n) is 5.14. The number of nitrogens with one attached hydrogen (secondary N) is 1. The van der Waals surface area contributed by atoms with Crippen molar-refractivity contribution in [3.63, 3.8) is 0 Å². The highest BCUT2D eigenvalue weighted by molar-refractivity contribution is 7.09. The molecule has 1 amide bonds. The zero-order valence-electron chi connectivity index (χ0n) is 14.3. The average molecular weight is 330 g/mol. The zero-order chi connectivity index (χ0) is 16.4. The second kappa shape index (κ2) is 6.91. The Morgan fingerprint density at radius 3 is 2.83 bits per heavy atom. The van der Waals surface area contributed by atoms with Gasteiger partial charge in [-0.25, -0.2) is 0 Å². The molecule has 124 valence electrons. The number of nitrogens with zero attached hydrogens (tertiary/aromatic N) is 1. The summed E-state index contributed by atoms with van der Waals surface area (Å²) in [5, 5.41) is 5.37. The van der Waals surface area contributed by atoms with Gasteiger partial charge in [0.05, 0.1) is 12.1 Å². The second-order valence-corrected chi connectivity index (χ2v) is 7.82. The van der Waals surface area contributed by atoms with Gasteiger partial charge in [-0.05, 0) is 50.1 Å². The first-order valence-electron chi connectivity index (χ1n) is 8.56. The summed E-state index contributed by atoms with van der Waals surface area (Å²) in [7, 11) is 0. The van der Waals surface area contributed by atoms with Crippen molar-refractivity contribution in [2.75, 3.05) is 0 Å². The molecule has 0 saturated heterocycles. The second-order valence-electron chi connectivity index (χ2n) is 6.79. The summed E-state index contributed by atoms with van der Waals surface area (Å²) in [5.74, 6) is 0.677. The van der Waals surface area contributed by atoms with E-state index in [9.17, 15) is 4.79 Å². The lowest BCUT2D eigenvalue weighted by Crippen LogP contribution is -2.41. The summed E-state index contributed by atoms with van der Waals surface area (Å²) in [5.41, 5.74) is 3.05. The maximum atomic E-state index is 12.7. The fourth-order valence-corrected chi connectivity index (χ4v) is 4.30. The Bertz CT molecular complexity index is 672. The van der Waals surface area contributed by atoms with E-state index in [1.807, 2.05) is 6.07 Å². The molecule has 2 aromatic heterocycles. The first kappa shape index (κ1) is 16.3. The Morgan fingerprint density at radius 2 is 2.13 bits per heavy atom. The van der Waals surface area contributed by atoms with E-state index in [1.165, 1.54) is 24.1 Å². The van der Waals surface area contributed by atoms with Crippen LogP contribution in [0.3, 0.4) is 0 Å². The highest BCUT2D eigenvalue weighted by Gasteiger charge is 2.25. The Balaban J connectivity index is 1.76. The molecule has 2 atom stereocenters. The fraction of sp³-hybridized carbons (Fsp3) is 0.526. The molecule has 0 radical (unpaired) electrons. The van der Waals surface area contributed by atoms with Gasteiger partial charge in [-0.15, -0.1) is 11.3 Å². The van der Waals surface area contributed by atoms with Crippen LogP contribution >= 0.6 is 11.3 Å². The van der Waals surface area contributed by atoms with Gasteiger partial charge < -0.3 is 9.88 Å². The molecule has 23 heavy (non-hydrogen) atoms. The molecule has 0 bridgehead atoms. The molecule has 1 N–H and O–H groups in total. The van der Waals surface area contributed by atoms with Crippen molar-refractivity contribution < 1.29 is 4.79 Å². The zero-order valence-corrected chi connectivity index (χ0v) is 15.1. The normalized spacial score (nSPS) is 21.3. The van der Waals surface area contributed by atoms with E-state index in [2.05, 4.69) is 48.2 Å². The first-order chi connectivity index (χ1) is 11.1. The lowest BCUT2D eigenvalue weighted by Gasteiger charge is -2.29. The molecule has 1 fully saturated rings. The standard InChI is InChI=1S/C19H26N2OS/c1-13-7-4-5-9-18(13)20-19(22)17-11-14(2)21(15(17)3)12-16-8-6-10-23-16/h6,8,10-11,13,18H,4-5,7,9,12H2,1-3H3,(H,20,22). The molecule has 3 rings (SSSR count). The van der Waals surface area contributed by atoms with Crippen LogP contribution in [0.4, 0.5) is 0 Å². The van der Waals surface area contributed by atoms with Gasteiger partial charge >= 0.3 is 0 Å². The van der Waals surface area contributed by atoms with Crippen molar-refractivity contribution in [3.8, 4) is 0 Å². The van der Waals surface area contributed by atoms with Crippen molar-refractivity contribution in [1.29, 1.82) is 0 Å². The summed E-state index contributed by atoms with van der Waals surface area (Å²) < 4.78 is 2.24. The van der Waals surface area contributed by atoms with Crippen LogP contribution in [0.15, 0.2) is 23.6 Å². The van der Waals surface area contributed by atoms with Crippen LogP contribution in [-0.4, -0.2) is 16.5 Å². The maximum absolute atomic E-state index is 12.7. The first-order valence-corrected chi connectivity index (χ1v) is 9.44. The molecule has 3 nitrogen and oxygen atoms in total. The van der Waals surface area contributed by atoms with E-state index in [0.717, 1.165) is 29.9 Å². The molecule has 0 aliphatic heterocycles. The quantitative estimate of drug-likeness (QED) is 0.878. The van der Waals surface area contributed by atoms with E-state index >= 15 is 0 Å². The fourth-order valence-electron chi connectivity index (χ4n) is 3.61. The Morgan fingerprint density at radius 1 is 1.35 bits per heavy atom. The molecule has 1 aliphatic carbocycles. The summed E-state index contributed by atoms with van der Waals surface area (Å²) >= 11 is 1.76. The van der Waals surface area contributed by atoms with Gasteiger partial charge in [-0.3, -0.25) is 4.79 Å². The summed E-state index contributed by atoms with van der Waals surface area (Å²) in [6.07, 6.45) is 4.86. The van der Waals surface area contributed by atoms with E-state index in [4.69, 9.17) is 0 Å². The number of rotatable bonds is 4. The van der Waals surface area contributed by atoms with Crippen LogP contribution in [0.1, 0.15) is 59.2 Å². The maximum Gasteiger partial charge on any atom is 0.253 e. The van der Waals surface area contributed by atoms with E-state index in [-0.39, 0.29) is 5.91 Å². The largest absolute Gasteiger partial charge is 0.349 e. The lowest BCUT2D eigenvalue weighted by molar-refractivity contribution is 0.0909. The minimum Gasteiger partial charge on any atom is -0.349 e. The molecule has 2 unspecified atom stereocenters. The Hall–Kier alpha value is -1.55. The molecule has 0 spiro atoms. The number of aromatic nitrogens is 1. The van der Waals surface area contributed by atoms with Crippen LogP contribution in [0.5, 0.6) is 0 Å².